The van der Waals surface area contributed by atoms with Crippen molar-refractivity contribution in [1.82, 2.24) is 0 Å². The van der Waals surface area contributed by atoms with Crippen molar-refractivity contribution in [3.8, 4) is 17.6 Å². The van der Waals surface area contributed by atoms with Crippen LogP contribution < -0.4 is 9.47 Å². The van der Waals surface area contributed by atoms with Crippen LogP contribution in [0.25, 0.3) is 0 Å². The van der Waals surface area contributed by atoms with Gasteiger partial charge >= 0.3 is 5.97 Å². The van der Waals surface area contributed by atoms with Crippen molar-refractivity contribution in [1.29, 1.82) is 5.26 Å². The minimum Gasteiger partial charge on any atom is -0.493 e. The van der Waals surface area contributed by atoms with Crippen molar-refractivity contribution < 1.29 is 19.0 Å². The van der Waals surface area contributed by atoms with Gasteiger partial charge in [-0.15, -0.1) is 0 Å². The molecule has 24 heavy (non-hydrogen) atoms. The summed E-state index contributed by atoms with van der Waals surface area (Å²) in [5.74, 6) is 0.652. The van der Waals surface area contributed by atoms with E-state index in [1.807, 2.05) is 13.0 Å². The molecule has 0 N–H and O–H groups in total. The predicted octanol–water partition coefficient (Wildman–Crippen LogP) is 3.71. The maximum Gasteiger partial charge on any atom is 0.338 e. The van der Waals surface area contributed by atoms with Gasteiger partial charge in [0.1, 0.15) is 6.61 Å². The Morgan fingerprint density at radius 1 is 1.12 bits per heavy atom. The van der Waals surface area contributed by atoms with Gasteiger partial charge in [-0.05, 0) is 42.3 Å². The van der Waals surface area contributed by atoms with Gasteiger partial charge in [0.05, 0.1) is 30.9 Å². The first-order valence-electron chi connectivity index (χ1n) is 7.65. The van der Waals surface area contributed by atoms with Gasteiger partial charge in [-0.1, -0.05) is 19.1 Å². The number of carbonyl (C=O) groups excluding carboxylic acids is 1. The number of carbonyl (C=O) groups is 1. The lowest BCUT2D eigenvalue weighted by Crippen LogP contribution is -2.06. The van der Waals surface area contributed by atoms with Crippen LogP contribution in [0.1, 0.15) is 34.8 Å². The van der Waals surface area contributed by atoms with E-state index in [-0.39, 0.29) is 6.61 Å². The van der Waals surface area contributed by atoms with Crippen LogP contribution in [0.5, 0.6) is 11.5 Å². The van der Waals surface area contributed by atoms with Crippen molar-refractivity contribution >= 4 is 5.97 Å². The van der Waals surface area contributed by atoms with Crippen LogP contribution in [-0.4, -0.2) is 19.7 Å². The molecule has 124 valence electrons. The summed E-state index contributed by atoms with van der Waals surface area (Å²) in [5.41, 5.74) is 1.78. The molecule has 2 aromatic carbocycles. The largest absolute Gasteiger partial charge is 0.493 e. The molecule has 0 radical (unpaired) electrons. The smallest absolute Gasteiger partial charge is 0.338 e. The van der Waals surface area contributed by atoms with Gasteiger partial charge in [0.2, 0.25) is 0 Å². The van der Waals surface area contributed by atoms with E-state index in [0.717, 1.165) is 12.0 Å². The summed E-state index contributed by atoms with van der Waals surface area (Å²) in [7, 11) is 1.53. The molecule has 0 atom stereocenters. The Balaban J connectivity index is 2.02. The third kappa shape index (κ3) is 4.50. The maximum atomic E-state index is 12.2. The zero-order valence-electron chi connectivity index (χ0n) is 13.7. The van der Waals surface area contributed by atoms with Crippen LogP contribution in [0.15, 0.2) is 42.5 Å². The lowest BCUT2D eigenvalue weighted by molar-refractivity contribution is 0.0472. The highest BCUT2D eigenvalue weighted by Gasteiger charge is 2.12. The predicted molar refractivity (Wildman–Crippen MR) is 89.1 cm³/mol. The van der Waals surface area contributed by atoms with Crippen LogP contribution in [0.4, 0.5) is 0 Å². The minimum absolute atomic E-state index is 0.140. The van der Waals surface area contributed by atoms with E-state index in [1.54, 1.807) is 42.5 Å². The van der Waals surface area contributed by atoms with Crippen molar-refractivity contribution in [2.45, 2.75) is 20.0 Å². The Hall–Kier alpha value is -3.00. The molecule has 5 nitrogen and oxygen atoms in total. The Morgan fingerprint density at radius 2 is 1.88 bits per heavy atom. The average Bonchev–Trinajstić information content (AvgIpc) is 2.64. The zero-order valence-corrected chi connectivity index (χ0v) is 13.7. The summed E-state index contributed by atoms with van der Waals surface area (Å²) >= 11 is 0. The maximum absolute atomic E-state index is 12.2. The van der Waals surface area contributed by atoms with Crippen molar-refractivity contribution in [2.75, 3.05) is 13.7 Å². The molecule has 0 unspecified atom stereocenters. The minimum atomic E-state index is -0.445. The average molecular weight is 325 g/mol. The Bertz CT molecular complexity index is 732. The fourth-order valence-electron chi connectivity index (χ4n) is 2.03. The summed E-state index contributed by atoms with van der Waals surface area (Å²) in [5, 5.41) is 8.76. The molecule has 0 spiro atoms. The fourth-order valence-corrected chi connectivity index (χ4v) is 2.03. The number of rotatable bonds is 7. The third-order valence-corrected chi connectivity index (χ3v) is 3.31. The van der Waals surface area contributed by atoms with E-state index in [9.17, 15) is 4.79 Å². The highest BCUT2D eigenvalue weighted by atomic mass is 16.5. The Kier molecular flexibility index (Phi) is 6.21. The number of esters is 1. The monoisotopic (exact) mass is 325 g/mol. The van der Waals surface area contributed by atoms with Gasteiger partial charge in [-0.2, -0.15) is 5.26 Å². The summed E-state index contributed by atoms with van der Waals surface area (Å²) in [6, 6.07) is 13.9. The summed E-state index contributed by atoms with van der Waals surface area (Å²) in [6.07, 6.45) is 0.886. The second-order valence-electron chi connectivity index (χ2n) is 5.10. The summed E-state index contributed by atoms with van der Waals surface area (Å²) in [6.45, 7) is 2.74. The van der Waals surface area contributed by atoms with E-state index in [4.69, 9.17) is 19.5 Å². The van der Waals surface area contributed by atoms with E-state index in [1.165, 1.54) is 7.11 Å². The molecule has 0 heterocycles. The summed E-state index contributed by atoms with van der Waals surface area (Å²) in [4.78, 5) is 12.2. The molecule has 0 amide bonds. The quantitative estimate of drug-likeness (QED) is 0.726. The number of nitriles is 1. The van der Waals surface area contributed by atoms with Gasteiger partial charge in [0, 0.05) is 0 Å². The van der Waals surface area contributed by atoms with Crippen LogP contribution in [0.3, 0.4) is 0 Å². The lowest BCUT2D eigenvalue weighted by atomic mass is 10.1. The van der Waals surface area contributed by atoms with E-state index >= 15 is 0 Å². The van der Waals surface area contributed by atoms with Crippen LogP contribution in [-0.2, 0) is 11.3 Å². The number of benzene rings is 2. The first kappa shape index (κ1) is 17.4. The number of methoxy groups -OCH3 is 1. The van der Waals surface area contributed by atoms with Crippen LogP contribution in [0.2, 0.25) is 0 Å². The van der Waals surface area contributed by atoms with E-state index < -0.39 is 5.97 Å². The van der Waals surface area contributed by atoms with Gasteiger partial charge < -0.3 is 14.2 Å². The topological polar surface area (TPSA) is 68.5 Å². The normalized spacial score (nSPS) is 9.88. The molecule has 0 saturated carbocycles. The molecule has 0 bridgehead atoms. The molecule has 2 rings (SSSR count). The molecule has 0 aliphatic rings. The molecule has 0 aliphatic heterocycles. The standard InChI is InChI=1S/C19H19NO4/c1-3-10-23-17-9-8-16(11-18(17)22-2)19(21)24-13-15-6-4-14(12-20)5-7-15/h4-9,11H,3,10,13H2,1-2H3. The first-order valence-corrected chi connectivity index (χ1v) is 7.65. The van der Waals surface area contributed by atoms with Crippen molar-refractivity contribution in [3.63, 3.8) is 0 Å². The second-order valence-corrected chi connectivity index (χ2v) is 5.10. The number of nitrogens with zero attached hydrogens (tertiary/aromatic N) is 1. The Labute approximate surface area is 141 Å². The number of hydrogen-bond donors (Lipinski definition) is 0. The molecule has 0 aromatic heterocycles. The van der Waals surface area contributed by atoms with Crippen molar-refractivity contribution in [2.24, 2.45) is 0 Å². The number of ether oxygens (including phenoxy) is 3. The molecule has 0 fully saturated rings. The first-order chi connectivity index (χ1) is 11.7. The van der Waals surface area contributed by atoms with Crippen molar-refractivity contribution in [3.05, 3.63) is 59.2 Å². The Morgan fingerprint density at radius 3 is 2.50 bits per heavy atom. The highest BCUT2D eigenvalue weighted by molar-refractivity contribution is 5.90. The van der Waals surface area contributed by atoms with Gasteiger partial charge in [-0.3, -0.25) is 0 Å². The summed E-state index contributed by atoms with van der Waals surface area (Å²) < 4.78 is 16.1. The molecule has 0 aliphatic carbocycles. The van der Waals surface area contributed by atoms with Crippen LogP contribution >= 0.6 is 0 Å². The fraction of sp³-hybridized carbons (Fsp3) is 0.263. The lowest BCUT2D eigenvalue weighted by Gasteiger charge is -2.11. The van der Waals surface area contributed by atoms with Gasteiger partial charge in [0.25, 0.3) is 0 Å². The molecule has 0 saturated heterocycles. The second kappa shape index (κ2) is 8.59. The van der Waals surface area contributed by atoms with Gasteiger partial charge in [-0.25, -0.2) is 4.79 Å². The molecule has 2 aromatic rings. The molecule has 5 heteroatoms. The van der Waals surface area contributed by atoms with Gasteiger partial charge in [0.15, 0.2) is 11.5 Å². The SMILES string of the molecule is CCCOc1ccc(C(=O)OCc2ccc(C#N)cc2)cc1OC. The van der Waals surface area contributed by atoms with E-state index in [2.05, 4.69) is 0 Å². The highest BCUT2D eigenvalue weighted by Crippen LogP contribution is 2.28. The molecular formula is C19H19NO4. The zero-order chi connectivity index (χ0) is 17.4. The molecular weight excluding hydrogens is 306 g/mol. The number of hydrogen-bond acceptors (Lipinski definition) is 5. The third-order valence-electron chi connectivity index (χ3n) is 3.31. The van der Waals surface area contributed by atoms with Crippen LogP contribution in [0, 0.1) is 11.3 Å². The van der Waals surface area contributed by atoms with E-state index in [0.29, 0.717) is 29.2 Å².